The Balaban J connectivity index is 1.55. The van der Waals surface area contributed by atoms with Gasteiger partial charge in [-0.25, -0.2) is 8.42 Å². The Morgan fingerprint density at radius 2 is 1.76 bits per heavy atom. The van der Waals surface area contributed by atoms with Crippen LogP contribution < -0.4 is 0 Å². The number of sulfone groups is 1. The van der Waals surface area contributed by atoms with Crippen LogP contribution in [0, 0.1) is 11.3 Å². The third-order valence-corrected chi connectivity index (χ3v) is 6.55. The Bertz CT molecular complexity index is 982. The normalized spacial score (nSPS) is 17.7. The largest absolute Gasteiger partial charge is 0.337 e. The summed E-state index contributed by atoms with van der Waals surface area (Å²) < 4.78 is 25.0. The van der Waals surface area contributed by atoms with E-state index < -0.39 is 15.6 Å². The number of carbonyl (C=O) groups excluding carboxylic acids is 1. The maximum Gasteiger partial charge on any atom is 0.238 e. The fourth-order valence-electron chi connectivity index (χ4n) is 3.64. The van der Waals surface area contributed by atoms with Crippen molar-refractivity contribution in [3.63, 3.8) is 0 Å². The van der Waals surface area contributed by atoms with Gasteiger partial charge in [0.15, 0.2) is 9.84 Å². The molecular weight excluding hydrogens is 386 g/mol. The van der Waals surface area contributed by atoms with Crippen molar-refractivity contribution in [3.05, 3.63) is 71.3 Å². The lowest BCUT2D eigenvalue weighted by Crippen LogP contribution is -2.54. The molecule has 0 bridgehead atoms. The van der Waals surface area contributed by atoms with E-state index in [0.717, 1.165) is 19.6 Å². The van der Waals surface area contributed by atoms with Crippen molar-refractivity contribution in [2.75, 3.05) is 25.4 Å². The lowest BCUT2D eigenvalue weighted by Gasteiger charge is -2.40. The van der Waals surface area contributed by atoms with E-state index in [0.29, 0.717) is 17.7 Å². The minimum absolute atomic E-state index is 0.0370. The summed E-state index contributed by atoms with van der Waals surface area (Å²) in [6.45, 7) is 4.75. The Kier molecular flexibility index (Phi) is 6.68. The van der Waals surface area contributed by atoms with E-state index in [9.17, 15) is 13.2 Å². The van der Waals surface area contributed by atoms with Gasteiger partial charge in [0, 0.05) is 32.2 Å². The molecule has 1 fully saturated rings. The zero-order valence-electron chi connectivity index (χ0n) is 16.5. The van der Waals surface area contributed by atoms with Crippen molar-refractivity contribution in [2.24, 2.45) is 0 Å². The second-order valence-electron chi connectivity index (χ2n) is 7.50. The Morgan fingerprint density at radius 1 is 1.07 bits per heavy atom. The van der Waals surface area contributed by atoms with Crippen LogP contribution in [0.5, 0.6) is 0 Å². The molecule has 7 heteroatoms. The van der Waals surface area contributed by atoms with Crippen molar-refractivity contribution in [2.45, 2.75) is 25.3 Å². The molecule has 0 saturated carbocycles. The van der Waals surface area contributed by atoms with Gasteiger partial charge in [0.1, 0.15) is 5.75 Å². The molecule has 0 aliphatic carbocycles. The van der Waals surface area contributed by atoms with E-state index in [2.05, 4.69) is 17.0 Å². The third-order valence-electron chi connectivity index (χ3n) is 5.09. The van der Waals surface area contributed by atoms with Gasteiger partial charge in [-0.05, 0) is 30.2 Å². The highest BCUT2D eigenvalue weighted by Crippen LogP contribution is 2.15. The van der Waals surface area contributed by atoms with Crippen LogP contribution in [0.3, 0.4) is 0 Å². The average Bonchev–Trinajstić information content (AvgIpc) is 2.68. The minimum Gasteiger partial charge on any atom is -0.337 e. The number of nitriles is 1. The van der Waals surface area contributed by atoms with E-state index >= 15 is 0 Å². The lowest BCUT2D eigenvalue weighted by atomic mass is 10.1. The lowest BCUT2D eigenvalue weighted by molar-refractivity contribution is -0.132. The van der Waals surface area contributed by atoms with Crippen LogP contribution in [-0.2, 0) is 26.9 Å². The first-order chi connectivity index (χ1) is 13.9. The molecule has 1 unspecified atom stereocenters. The standard InChI is InChI=1S/C22H25N3O3S/c1-18-14-24(15-20-5-3-2-4-6-20)11-12-25(18)22(26)17-29(27,28)16-21-9-7-19(13-23)8-10-21/h2-10,18H,11-12,14-17H2,1H3. The maximum absolute atomic E-state index is 12.7. The molecule has 1 aliphatic heterocycles. The Labute approximate surface area is 172 Å². The zero-order valence-corrected chi connectivity index (χ0v) is 17.3. The molecule has 6 nitrogen and oxygen atoms in total. The van der Waals surface area contributed by atoms with Crippen LogP contribution >= 0.6 is 0 Å². The third kappa shape index (κ3) is 5.89. The second-order valence-corrected chi connectivity index (χ2v) is 9.56. The Hall–Kier alpha value is -2.69. The fraction of sp³-hybridized carbons (Fsp3) is 0.364. The Morgan fingerprint density at radius 3 is 2.38 bits per heavy atom. The number of piperazine rings is 1. The van der Waals surface area contributed by atoms with Gasteiger partial charge in [0.25, 0.3) is 0 Å². The molecule has 152 valence electrons. The first-order valence-electron chi connectivity index (χ1n) is 9.61. The molecule has 0 spiro atoms. The van der Waals surface area contributed by atoms with E-state index in [-0.39, 0.29) is 17.7 Å². The van der Waals surface area contributed by atoms with Gasteiger partial charge in [0.05, 0.1) is 17.4 Å². The molecule has 0 N–H and O–H groups in total. The van der Waals surface area contributed by atoms with Gasteiger partial charge in [0.2, 0.25) is 5.91 Å². The fourth-order valence-corrected chi connectivity index (χ4v) is 4.98. The molecule has 1 saturated heterocycles. The van der Waals surface area contributed by atoms with Crippen molar-refractivity contribution >= 4 is 15.7 Å². The van der Waals surface area contributed by atoms with Gasteiger partial charge in [-0.3, -0.25) is 9.69 Å². The molecule has 3 rings (SSSR count). The van der Waals surface area contributed by atoms with E-state index in [1.165, 1.54) is 5.56 Å². The second kappa shape index (κ2) is 9.21. The zero-order chi connectivity index (χ0) is 20.9. The number of hydrogen-bond acceptors (Lipinski definition) is 5. The van der Waals surface area contributed by atoms with Gasteiger partial charge in [-0.15, -0.1) is 0 Å². The van der Waals surface area contributed by atoms with Crippen LogP contribution in [0.15, 0.2) is 54.6 Å². The highest BCUT2D eigenvalue weighted by molar-refractivity contribution is 7.91. The summed E-state index contributed by atoms with van der Waals surface area (Å²) in [7, 11) is -3.58. The first kappa shape index (κ1) is 21.0. The predicted octanol–water partition coefficient (Wildman–Crippen LogP) is 2.21. The highest BCUT2D eigenvalue weighted by Gasteiger charge is 2.30. The van der Waals surface area contributed by atoms with E-state index in [1.807, 2.05) is 31.2 Å². The summed E-state index contributed by atoms with van der Waals surface area (Å²) in [6, 6.07) is 18.5. The molecule has 0 radical (unpaired) electrons. The quantitative estimate of drug-likeness (QED) is 0.728. The molecule has 2 aromatic rings. The summed E-state index contributed by atoms with van der Waals surface area (Å²) in [4.78, 5) is 16.6. The van der Waals surface area contributed by atoms with Crippen molar-refractivity contribution in [3.8, 4) is 6.07 Å². The summed E-state index contributed by atoms with van der Waals surface area (Å²) in [5.41, 5.74) is 2.28. The smallest absolute Gasteiger partial charge is 0.238 e. The van der Waals surface area contributed by atoms with Gasteiger partial charge >= 0.3 is 0 Å². The molecule has 1 aliphatic rings. The molecule has 1 atom stereocenters. The molecule has 0 aromatic heterocycles. The van der Waals surface area contributed by atoms with Crippen LogP contribution in [0.1, 0.15) is 23.6 Å². The number of hydrogen-bond donors (Lipinski definition) is 0. The summed E-state index contributed by atoms with van der Waals surface area (Å²) in [6.07, 6.45) is 0. The van der Waals surface area contributed by atoms with Crippen LogP contribution in [-0.4, -0.2) is 55.6 Å². The number of benzene rings is 2. The summed E-state index contributed by atoms with van der Waals surface area (Å²) >= 11 is 0. The molecule has 29 heavy (non-hydrogen) atoms. The molecular formula is C22H25N3O3S. The monoisotopic (exact) mass is 411 g/mol. The van der Waals surface area contributed by atoms with Gasteiger partial charge < -0.3 is 4.90 Å². The summed E-state index contributed by atoms with van der Waals surface area (Å²) in [5.74, 6) is -1.03. The number of carbonyl (C=O) groups is 1. The predicted molar refractivity (Wildman–Crippen MR) is 112 cm³/mol. The molecule has 1 heterocycles. The van der Waals surface area contributed by atoms with Crippen LogP contribution in [0.4, 0.5) is 0 Å². The van der Waals surface area contributed by atoms with Crippen LogP contribution in [0.25, 0.3) is 0 Å². The molecule has 2 aromatic carbocycles. The average molecular weight is 412 g/mol. The van der Waals surface area contributed by atoms with Crippen molar-refractivity contribution in [1.82, 2.24) is 9.80 Å². The SMILES string of the molecule is CC1CN(Cc2ccccc2)CCN1C(=O)CS(=O)(=O)Cc1ccc(C#N)cc1. The maximum atomic E-state index is 12.7. The van der Waals surface area contributed by atoms with E-state index in [4.69, 9.17) is 5.26 Å². The minimum atomic E-state index is -3.58. The number of amides is 1. The van der Waals surface area contributed by atoms with Gasteiger partial charge in [-0.2, -0.15) is 5.26 Å². The van der Waals surface area contributed by atoms with Gasteiger partial charge in [-0.1, -0.05) is 42.5 Å². The first-order valence-corrected chi connectivity index (χ1v) is 11.4. The van der Waals surface area contributed by atoms with Crippen molar-refractivity contribution in [1.29, 1.82) is 5.26 Å². The number of nitrogens with zero attached hydrogens (tertiary/aromatic N) is 3. The highest BCUT2D eigenvalue weighted by atomic mass is 32.2. The summed E-state index contributed by atoms with van der Waals surface area (Å²) in [5, 5.41) is 8.83. The molecule has 1 amide bonds. The van der Waals surface area contributed by atoms with E-state index in [1.54, 1.807) is 29.2 Å². The topological polar surface area (TPSA) is 81.5 Å². The van der Waals surface area contributed by atoms with Crippen molar-refractivity contribution < 1.29 is 13.2 Å². The number of rotatable bonds is 6. The van der Waals surface area contributed by atoms with Crippen LogP contribution in [0.2, 0.25) is 0 Å².